The van der Waals surface area contributed by atoms with Gasteiger partial charge >= 0.3 is 0 Å². The molecule has 4 aromatic rings. The zero-order valence-corrected chi connectivity index (χ0v) is 14.7. The Morgan fingerprint density at radius 3 is 2.62 bits per heavy atom. The summed E-state index contributed by atoms with van der Waals surface area (Å²) in [5, 5.41) is 15.2. The van der Waals surface area contributed by atoms with Crippen LogP contribution in [0.1, 0.15) is 21.2 Å². The lowest BCUT2D eigenvalue weighted by Crippen LogP contribution is -2.12. The first-order valence-corrected chi connectivity index (χ1v) is 8.78. The smallest absolute Gasteiger partial charge is 0.286 e. The van der Waals surface area contributed by atoms with Crippen LogP contribution in [0.25, 0.3) is 4.96 Å². The Bertz CT molecular complexity index is 1040. The standard InChI is InChI=1S/C18H15N5O2S/c1-12-20-21-18-23(12)22-17(26-18)16(24)19-14-7-9-15(10-8-14)25-11-13-5-3-2-4-6-13/h2-10H,11H2,1H3,(H,19,24). The molecule has 0 spiro atoms. The Hall–Kier alpha value is -3.26. The quantitative estimate of drug-likeness (QED) is 0.587. The van der Waals surface area contributed by atoms with Gasteiger partial charge in [0.05, 0.1) is 0 Å². The molecule has 0 saturated heterocycles. The third-order valence-corrected chi connectivity index (χ3v) is 4.60. The number of anilines is 1. The molecule has 1 amide bonds. The molecule has 8 heteroatoms. The second kappa shape index (κ2) is 6.93. The predicted octanol–water partition coefficient (Wildman–Crippen LogP) is 3.33. The lowest BCUT2D eigenvalue weighted by molar-refractivity contribution is 0.102. The van der Waals surface area contributed by atoms with Gasteiger partial charge in [-0.2, -0.15) is 4.52 Å². The number of aryl methyl sites for hydroxylation is 1. The molecule has 0 saturated carbocycles. The second-order valence-corrected chi connectivity index (χ2v) is 6.56. The van der Waals surface area contributed by atoms with E-state index in [2.05, 4.69) is 20.6 Å². The van der Waals surface area contributed by atoms with Crippen molar-refractivity contribution in [1.29, 1.82) is 0 Å². The highest BCUT2D eigenvalue weighted by Gasteiger charge is 2.15. The number of benzene rings is 2. The van der Waals surface area contributed by atoms with Gasteiger partial charge < -0.3 is 10.1 Å². The van der Waals surface area contributed by atoms with Gasteiger partial charge in [0.2, 0.25) is 9.97 Å². The molecule has 2 aromatic heterocycles. The van der Waals surface area contributed by atoms with Gasteiger partial charge in [-0.3, -0.25) is 4.79 Å². The minimum absolute atomic E-state index is 0.280. The van der Waals surface area contributed by atoms with Gasteiger partial charge in [-0.1, -0.05) is 41.7 Å². The molecule has 2 aromatic carbocycles. The fourth-order valence-corrected chi connectivity index (χ4v) is 3.15. The van der Waals surface area contributed by atoms with Crippen molar-refractivity contribution < 1.29 is 9.53 Å². The highest BCUT2D eigenvalue weighted by Crippen LogP contribution is 2.19. The van der Waals surface area contributed by atoms with Crippen molar-refractivity contribution >= 4 is 27.9 Å². The van der Waals surface area contributed by atoms with Gasteiger partial charge in [-0.25, -0.2) is 0 Å². The molecule has 0 fully saturated rings. The minimum atomic E-state index is -0.280. The number of carbonyl (C=O) groups excluding carboxylic acids is 1. The van der Waals surface area contributed by atoms with E-state index in [9.17, 15) is 4.79 Å². The van der Waals surface area contributed by atoms with Crippen molar-refractivity contribution in [2.75, 3.05) is 5.32 Å². The van der Waals surface area contributed by atoms with E-state index in [1.165, 1.54) is 11.3 Å². The zero-order chi connectivity index (χ0) is 17.9. The molecule has 2 heterocycles. The molecule has 0 aliphatic rings. The van der Waals surface area contributed by atoms with Crippen LogP contribution in [0.2, 0.25) is 0 Å². The molecular weight excluding hydrogens is 350 g/mol. The molecule has 0 unspecified atom stereocenters. The normalized spacial score (nSPS) is 10.8. The molecule has 7 nitrogen and oxygen atoms in total. The first-order chi connectivity index (χ1) is 12.7. The van der Waals surface area contributed by atoms with Crippen LogP contribution >= 0.6 is 11.3 Å². The molecule has 0 radical (unpaired) electrons. The van der Waals surface area contributed by atoms with E-state index in [4.69, 9.17) is 4.74 Å². The number of nitrogens with zero attached hydrogens (tertiary/aromatic N) is 4. The fraction of sp³-hybridized carbons (Fsp3) is 0.111. The van der Waals surface area contributed by atoms with E-state index < -0.39 is 0 Å². The molecule has 26 heavy (non-hydrogen) atoms. The van der Waals surface area contributed by atoms with Crippen LogP contribution in [0.5, 0.6) is 5.75 Å². The van der Waals surface area contributed by atoms with Crippen LogP contribution in [-0.2, 0) is 6.61 Å². The van der Waals surface area contributed by atoms with Crippen LogP contribution in [-0.4, -0.2) is 25.7 Å². The predicted molar refractivity (Wildman–Crippen MR) is 98.6 cm³/mol. The Morgan fingerprint density at radius 2 is 1.88 bits per heavy atom. The molecule has 0 atom stereocenters. The molecule has 0 bridgehead atoms. The molecule has 1 N–H and O–H groups in total. The van der Waals surface area contributed by atoms with E-state index >= 15 is 0 Å². The van der Waals surface area contributed by atoms with Gasteiger partial charge in [0, 0.05) is 5.69 Å². The maximum atomic E-state index is 12.3. The van der Waals surface area contributed by atoms with Crippen LogP contribution in [0, 0.1) is 6.92 Å². The lowest BCUT2D eigenvalue weighted by Gasteiger charge is -2.08. The number of nitrogens with one attached hydrogen (secondary N) is 1. The first-order valence-electron chi connectivity index (χ1n) is 7.96. The van der Waals surface area contributed by atoms with Crippen LogP contribution in [0.3, 0.4) is 0 Å². The van der Waals surface area contributed by atoms with Crippen molar-refractivity contribution in [2.24, 2.45) is 0 Å². The summed E-state index contributed by atoms with van der Waals surface area (Å²) in [5.41, 5.74) is 1.77. The van der Waals surface area contributed by atoms with Gasteiger partial charge in [0.15, 0.2) is 5.82 Å². The highest BCUT2D eigenvalue weighted by molar-refractivity contribution is 7.18. The van der Waals surface area contributed by atoms with E-state index in [0.29, 0.717) is 28.1 Å². The number of aromatic nitrogens is 4. The zero-order valence-electron chi connectivity index (χ0n) is 13.9. The molecular formula is C18H15N5O2S. The minimum Gasteiger partial charge on any atom is -0.489 e. The fourth-order valence-electron chi connectivity index (χ4n) is 2.37. The van der Waals surface area contributed by atoms with Crippen molar-refractivity contribution in [3.8, 4) is 5.75 Å². The monoisotopic (exact) mass is 365 g/mol. The summed E-state index contributed by atoms with van der Waals surface area (Å²) < 4.78 is 7.29. The van der Waals surface area contributed by atoms with Crippen molar-refractivity contribution in [2.45, 2.75) is 13.5 Å². The average molecular weight is 365 g/mol. The number of fused-ring (bicyclic) bond motifs is 1. The van der Waals surface area contributed by atoms with E-state index in [1.54, 1.807) is 23.6 Å². The average Bonchev–Trinajstić information content (AvgIpc) is 3.24. The summed E-state index contributed by atoms with van der Waals surface area (Å²) in [6.45, 7) is 2.29. The molecule has 130 valence electrons. The number of amides is 1. The summed E-state index contributed by atoms with van der Waals surface area (Å²) in [6.07, 6.45) is 0. The van der Waals surface area contributed by atoms with E-state index in [1.807, 2.05) is 42.5 Å². The Labute approximate surface area is 153 Å². The summed E-state index contributed by atoms with van der Waals surface area (Å²) in [7, 11) is 0. The SMILES string of the molecule is Cc1nnc2sc(C(=O)Nc3ccc(OCc4ccccc4)cc3)nn12. The number of rotatable bonds is 5. The number of hydrogen-bond donors (Lipinski definition) is 1. The summed E-state index contributed by atoms with van der Waals surface area (Å²) in [4.78, 5) is 12.9. The number of hydrogen-bond acceptors (Lipinski definition) is 6. The largest absolute Gasteiger partial charge is 0.489 e. The maximum absolute atomic E-state index is 12.3. The highest BCUT2D eigenvalue weighted by atomic mass is 32.1. The number of ether oxygens (including phenoxy) is 1. The Balaban J connectivity index is 1.39. The van der Waals surface area contributed by atoms with Gasteiger partial charge in [-0.15, -0.1) is 15.3 Å². The third-order valence-electron chi connectivity index (χ3n) is 3.70. The van der Waals surface area contributed by atoms with Crippen molar-refractivity contribution in [3.05, 3.63) is 71.0 Å². The second-order valence-electron chi connectivity index (χ2n) is 5.60. The third kappa shape index (κ3) is 3.40. The lowest BCUT2D eigenvalue weighted by atomic mass is 10.2. The summed E-state index contributed by atoms with van der Waals surface area (Å²) in [5.74, 6) is 1.11. The summed E-state index contributed by atoms with van der Waals surface area (Å²) in [6, 6.07) is 17.2. The van der Waals surface area contributed by atoms with Gasteiger partial charge in [0.1, 0.15) is 12.4 Å². The molecule has 4 rings (SSSR count). The van der Waals surface area contributed by atoms with Crippen LogP contribution < -0.4 is 10.1 Å². The topological polar surface area (TPSA) is 81.4 Å². The van der Waals surface area contributed by atoms with Gasteiger partial charge in [-0.05, 0) is 36.8 Å². The van der Waals surface area contributed by atoms with E-state index in [0.717, 1.165) is 11.3 Å². The van der Waals surface area contributed by atoms with Crippen molar-refractivity contribution in [3.63, 3.8) is 0 Å². The van der Waals surface area contributed by atoms with Crippen LogP contribution in [0.15, 0.2) is 54.6 Å². The van der Waals surface area contributed by atoms with Crippen LogP contribution in [0.4, 0.5) is 5.69 Å². The van der Waals surface area contributed by atoms with Gasteiger partial charge in [0.25, 0.3) is 5.91 Å². The Kier molecular flexibility index (Phi) is 4.32. The Morgan fingerprint density at radius 1 is 1.12 bits per heavy atom. The number of carbonyl (C=O) groups is 1. The van der Waals surface area contributed by atoms with E-state index in [-0.39, 0.29) is 5.91 Å². The first kappa shape index (κ1) is 16.2. The molecule has 0 aliphatic heterocycles. The molecule has 0 aliphatic carbocycles. The maximum Gasteiger partial charge on any atom is 0.286 e. The summed E-state index contributed by atoms with van der Waals surface area (Å²) >= 11 is 1.20. The van der Waals surface area contributed by atoms with Crippen molar-refractivity contribution in [1.82, 2.24) is 19.8 Å².